The number of ether oxygens (including phenoxy) is 1. The predicted octanol–water partition coefficient (Wildman–Crippen LogP) is 1.43. The molecule has 1 aliphatic heterocycles. The minimum absolute atomic E-state index is 0.135. The maximum absolute atomic E-state index is 13.4. The lowest BCUT2D eigenvalue weighted by Gasteiger charge is -2.31. The molecule has 1 atom stereocenters. The summed E-state index contributed by atoms with van der Waals surface area (Å²) in [6.45, 7) is 0.809. The molecule has 0 saturated carbocycles. The molecule has 108 valence electrons. The van der Waals surface area contributed by atoms with Gasteiger partial charge < -0.3 is 15.4 Å². The van der Waals surface area contributed by atoms with Gasteiger partial charge in [0.05, 0.1) is 24.3 Å². The molecule has 0 bridgehead atoms. The van der Waals surface area contributed by atoms with Gasteiger partial charge in [0, 0.05) is 13.1 Å². The summed E-state index contributed by atoms with van der Waals surface area (Å²) in [4.78, 5) is 25.4. The van der Waals surface area contributed by atoms with E-state index < -0.39 is 5.82 Å². The number of piperidine rings is 1. The maximum atomic E-state index is 13.4. The zero-order valence-electron chi connectivity index (χ0n) is 11.3. The number of esters is 1. The number of nitrogens with two attached hydrogens (primary N) is 1. The number of nitrogens with zero attached hydrogens (tertiary/aromatic N) is 1. The van der Waals surface area contributed by atoms with E-state index in [0.717, 1.165) is 0 Å². The van der Waals surface area contributed by atoms with Gasteiger partial charge in [0.1, 0.15) is 5.82 Å². The zero-order chi connectivity index (χ0) is 14.7. The van der Waals surface area contributed by atoms with Crippen molar-refractivity contribution in [2.75, 3.05) is 25.9 Å². The number of carbonyl (C=O) groups is 2. The van der Waals surface area contributed by atoms with Gasteiger partial charge in [-0.1, -0.05) is 6.07 Å². The Balaban J connectivity index is 2.16. The standard InChI is InChI=1S/C14H17FN2O3/c1-20-14(19)9-4-3-7-17(8-9)13(18)10-5-2-6-11(15)12(10)16/h2,5-6,9H,3-4,7-8,16H2,1H3. The molecule has 1 aromatic rings. The fourth-order valence-electron chi connectivity index (χ4n) is 2.41. The Morgan fingerprint density at radius 2 is 2.20 bits per heavy atom. The normalized spacial score (nSPS) is 18.7. The lowest BCUT2D eigenvalue weighted by molar-refractivity contribution is -0.146. The molecule has 6 heteroatoms. The van der Waals surface area contributed by atoms with Crippen LogP contribution in [0.25, 0.3) is 0 Å². The molecule has 1 amide bonds. The third-order valence-electron chi connectivity index (χ3n) is 3.53. The molecule has 20 heavy (non-hydrogen) atoms. The van der Waals surface area contributed by atoms with Gasteiger partial charge in [-0.05, 0) is 25.0 Å². The first-order valence-electron chi connectivity index (χ1n) is 6.45. The summed E-state index contributed by atoms with van der Waals surface area (Å²) < 4.78 is 18.1. The van der Waals surface area contributed by atoms with Crippen LogP contribution in [0.15, 0.2) is 18.2 Å². The zero-order valence-corrected chi connectivity index (χ0v) is 11.3. The van der Waals surface area contributed by atoms with Gasteiger partial charge >= 0.3 is 5.97 Å². The quantitative estimate of drug-likeness (QED) is 0.657. The molecule has 2 N–H and O–H groups in total. The smallest absolute Gasteiger partial charge is 0.310 e. The van der Waals surface area contributed by atoms with E-state index in [4.69, 9.17) is 10.5 Å². The van der Waals surface area contributed by atoms with Crippen molar-refractivity contribution in [2.45, 2.75) is 12.8 Å². The monoisotopic (exact) mass is 280 g/mol. The number of para-hydroxylation sites is 1. The summed E-state index contributed by atoms with van der Waals surface area (Å²) in [7, 11) is 1.33. The third-order valence-corrected chi connectivity index (χ3v) is 3.53. The first-order valence-corrected chi connectivity index (χ1v) is 6.45. The Morgan fingerprint density at radius 3 is 2.90 bits per heavy atom. The number of hydrogen-bond acceptors (Lipinski definition) is 4. The average Bonchev–Trinajstić information content (AvgIpc) is 2.48. The van der Waals surface area contributed by atoms with Crippen molar-refractivity contribution in [2.24, 2.45) is 5.92 Å². The average molecular weight is 280 g/mol. The van der Waals surface area contributed by atoms with E-state index in [-0.39, 0.29) is 35.6 Å². The lowest BCUT2D eigenvalue weighted by atomic mass is 9.97. The van der Waals surface area contributed by atoms with Crippen LogP contribution in [-0.2, 0) is 9.53 Å². The highest BCUT2D eigenvalue weighted by Crippen LogP contribution is 2.23. The first kappa shape index (κ1) is 14.3. The van der Waals surface area contributed by atoms with Crippen LogP contribution in [0.4, 0.5) is 10.1 Å². The highest BCUT2D eigenvalue weighted by molar-refractivity contribution is 5.99. The Labute approximate surface area is 116 Å². The van der Waals surface area contributed by atoms with Crippen LogP contribution in [0.3, 0.4) is 0 Å². The van der Waals surface area contributed by atoms with E-state index in [9.17, 15) is 14.0 Å². The van der Waals surface area contributed by atoms with Gasteiger partial charge in [-0.15, -0.1) is 0 Å². The number of halogens is 1. The predicted molar refractivity (Wildman–Crippen MR) is 71.5 cm³/mol. The molecule has 0 aromatic heterocycles. The SMILES string of the molecule is COC(=O)C1CCCN(C(=O)c2cccc(F)c2N)C1. The number of carbonyl (C=O) groups excluding carboxylic acids is 2. The second-order valence-electron chi connectivity index (χ2n) is 4.81. The first-order chi connectivity index (χ1) is 9.54. The van der Waals surface area contributed by atoms with Crippen LogP contribution in [0.2, 0.25) is 0 Å². The summed E-state index contributed by atoms with van der Waals surface area (Å²) in [6.07, 6.45) is 1.40. The largest absolute Gasteiger partial charge is 0.469 e. The number of benzene rings is 1. The topological polar surface area (TPSA) is 72.6 Å². The highest BCUT2D eigenvalue weighted by Gasteiger charge is 2.30. The molecule has 1 heterocycles. The van der Waals surface area contributed by atoms with E-state index >= 15 is 0 Å². The van der Waals surface area contributed by atoms with Crippen LogP contribution in [0, 0.1) is 11.7 Å². The van der Waals surface area contributed by atoms with Crippen molar-refractivity contribution < 1.29 is 18.7 Å². The molecule has 1 aliphatic rings. The van der Waals surface area contributed by atoms with Gasteiger partial charge in [0.25, 0.3) is 5.91 Å². The van der Waals surface area contributed by atoms with E-state index in [2.05, 4.69) is 0 Å². The van der Waals surface area contributed by atoms with Crippen molar-refractivity contribution in [1.29, 1.82) is 0 Å². The van der Waals surface area contributed by atoms with Crippen molar-refractivity contribution in [3.8, 4) is 0 Å². The fourth-order valence-corrected chi connectivity index (χ4v) is 2.41. The number of amides is 1. The molecule has 0 spiro atoms. The van der Waals surface area contributed by atoms with Crippen molar-refractivity contribution in [3.05, 3.63) is 29.6 Å². The van der Waals surface area contributed by atoms with Crippen LogP contribution in [0.5, 0.6) is 0 Å². The van der Waals surface area contributed by atoms with Gasteiger partial charge in [0.2, 0.25) is 0 Å². The molecule has 0 radical (unpaired) electrons. The summed E-state index contributed by atoms with van der Waals surface area (Å²) >= 11 is 0. The number of likely N-dealkylation sites (tertiary alicyclic amines) is 1. The molecular formula is C14H17FN2O3. The maximum Gasteiger partial charge on any atom is 0.310 e. The van der Waals surface area contributed by atoms with Crippen molar-refractivity contribution >= 4 is 17.6 Å². The van der Waals surface area contributed by atoms with Crippen molar-refractivity contribution in [1.82, 2.24) is 4.90 Å². The third kappa shape index (κ3) is 2.74. The Hall–Kier alpha value is -2.11. The minimum atomic E-state index is -0.614. The van der Waals surface area contributed by atoms with Gasteiger partial charge in [-0.2, -0.15) is 0 Å². The van der Waals surface area contributed by atoms with E-state index in [1.807, 2.05) is 0 Å². The van der Waals surface area contributed by atoms with Gasteiger partial charge in [-0.25, -0.2) is 4.39 Å². The van der Waals surface area contributed by atoms with Crippen molar-refractivity contribution in [3.63, 3.8) is 0 Å². The summed E-state index contributed by atoms with van der Waals surface area (Å²) in [6, 6.07) is 4.14. The second kappa shape index (κ2) is 5.90. The molecule has 1 aromatic carbocycles. The van der Waals surface area contributed by atoms with E-state index in [1.54, 1.807) is 0 Å². The van der Waals surface area contributed by atoms with Crippen LogP contribution in [0.1, 0.15) is 23.2 Å². The Bertz CT molecular complexity index is 533. The summed E-state index contributed by atoms with van der Waals surface area (Å²) in [5.41, 5.74) is 5.58. The number of hydrogen-bond donors (Lipinski definition) is 1. The number of rotatable bonds is 2. The second-order valence-corrected chi connectivity index (χ2v) is 4.81. The molecule has 1 unspecified atom stereocenters. The highest BCUT2D eigenvalue weighted by atomic mass is 19.1. The molecular weight excluding hydrogens is 263 g/mol. The molecule has 5 nitrogen and oxygen atoms in total. The molecule has 0 aliphatic carbocycles. The van der Waals surface area contributed by atoms with Gasteiger partial charge in [-0.3, -0.25) is 9.59 Å². The number of methoxy groups -OCH3 is 1. The van der Waals surface area contributed by atoms with Crippen LogP contribution in [-0.4, -0.2) is 37.0 Å². The lowest BCUT2D eigenvalue weighted by Crippen LogP contribution is -2.42. The van der Waals surface area contributed by atoms with E-state index in [1.165, 1.54) is 30.2 Å². The number of anilines is 1. The Kier molecular flexibility index (Phi) is 4.22. The summed E-state index contributed by atoms with van der Waals surface area (Å²) in [5.74, 6) is -1.62. The van der Waals surface area contributed by atoms with Gasteiger partial charge in [0.15, 0.2) is 0 Å². The molecule has 1 saturated heterocycles. The summed E-state index contributed by atoms with van der Waals surface area (Å²) in [5, 5.41) is 0. The number of nitrogen functional groups attached to an aromatic ring is 1. The molecule has 1 fully saturated rings. The minimum Gasteiger partial charge on any atom is -0.469 e. The van der Waals surface area contributed by atoms with E-state index in [0.29, 0.717) is 19.4 Å². The molecule has 2 rings (SSSR count). The fraction of sp³-hybridized carbons (Fsp3) is 0.429. The Morgan fingerprint density at radius 1 is 1.45 bits per heavy atom. The van der Waals surface area contributed by atoms with Crippen LogP contribution >= 0.6 is 0 Å². The van der Waals surface area contributed by atoms with Crippen LogP contribution < -0.4 is 5.73 Å².